The fourth-order valence-electron chi connectivity index (χ4n) is 1.98. The van der Waals surface area contributed by atoms with Crippen molar-refractivity contribution in [2.75, 3.05) is 0 Å². The minimum absolute atomic E-state index is 0.537. The van der Waals surface area contributed by atoms with Gasteiger partial charge in [0.15, 0.2) is 0 Å². The van der Waals surface area contributed by atoms with E-state index in [1.165, 1.54) is 0 Å². The number of para-hydroxylation sites is 1. The van der Waals surface area contributed by atoms with Crippen molar-refractivity contribution in [2.24, 2.45) is 0 Å². The fourth-order valence-corrected chi connectivity index (χ4v) is 2.13. The van der Waals surface area contributed by atoms with E-state index < -0.39 is 0 Å². The molecule has 0 aliphatic rings. The Morgan fingerprint density at radius 3 is 2.58 bits per heavy atom. The summed E-state index contributed by atoms with van der Waals surface area (Å²) in [4.78, 5) is 5.27. The Hall–Kier alpha value is -2.00. The maximum atomic E-state index is 5.79. The summed E-state index contributed by atoms with van der Waals surface area (Å²) >= 11 is 4.25. The first-order valence-electron chi connectivity index (χ1n) is 6.07. The molecule has 0 saturated heterocycles. The zero-order valence-corrected chi connectivity index (χ0v) is 11.2. The van der Waals surface area contributed by atoms with Crippen LogP contribution in [-0.4, -0.2) is 4.98 Å². The van der Waals surface area contributed by atoms with Crippen LogP contribution in [-0.2, 0) is 6.61 Å². The maximum Gasteiger partial charge on any atom is 0.119 e. The molecule has 2 aromatic carbocycles. The van der Waals surface area contributed by atoms with Gasteiger partial charge in [0, 0.05) is 22.0 Å². The van der Waals surface area contributed by atoms with E-state index in [1.54, 1.807) is 0 Å². The molecule has 0 spiro atoms. The van der Waals surface area contributed by atoms with E-state index in [2.05, 4.69) is 23.7 Å². The van der Waals surface area contributed by atoms with Gasteiger partial charge >= 0.3 is 0 Å². The first kappa shape index (κ1) is 12.1. The van der Waals surface area contributed by atoms with Gasteiger partial charge in [-0.3, -0.25) is 4.98 Å². The van der Waals surface area contributed by atoms with Gasteiger partial charge < -0.3 is 4.74 Å². The molecule has 1 aromatic heterocycles. The Bertz CT molecular complexity index is 689. The standard InChI is InChI=1S/C16H13NOS/c19-14-7-5-13(6-8-14)18-11-12-9-10-17-16-4-2-1-3-15(12)16/h1-10,19H,11H2. The number of ether oxygens (including phenoxy) is 1. The molecule has 19 heavy (non-hydrogen) atoms. The number of pyridine rings is 1. The van der Waals surface area contributed by atoms with Gasteiger partial charge in [-0.1, -0.05) is 18.2 Å². The van der Waals surface area contributed by atoms with Crippen molar-refractivity contribution in [1.82, 2.24) is 4.98 Å². The molecule has 3 aromatic rings. The summed E-state index contributed by atoms with van der Waals surface area (Å²) in [5, 5.41) is 1.14. The lowest BCUT2D eigenvalue weighted by molar-refractivity contribution is 0.307. The Balaban J connectivity index is 1.84. The monoisotopic (exact) mass is 267 g/mol. The SMILES string of the molecule is Sc1ccc(OCc2ccnc3ccccc23)cc1. The normalized spacial score (nSPS) is 10.6. The molecule has 2 nitrogen and oxygen atoms in total. The van der Waals surface area contributed by atoms with Gasteiger partial charge in [0.1, 0.15) is 12.4 Å². The molecule has 1 heterocycles. The molecule has 94 valence electrons. The average molecular weight is 267 g/mol. The molecule has 3 heteroatoms. The summed E-state index contributed by atoms with van der Waals surface area (Å²) in [6.45, 7) is 0.537. The van der Waals surface area contributed by atoms with Crippen LogP contribution in [0, 0.1) is 0 Å². The second-order valence-electron chi connectivity index (χ2n) is 4.27. The van der Waals surface area contributed by atoms with Crippen molar-refractivity contribution >= 4 is 23.5 Å². The molecule has 3 rings (SSSR count). The van der Waals surface area contributed by atoms with Crippen LogP contribution in [0.5, 0.6) is 5.75 Å². The smallest absolute Gasteiger partial charge is 0.119 e. The van der Waals surface area contributed by atoms with Crippen LogP contribution in [0.2, 0.25) is 0 Å². The summed E-state index contributed by atoms with van der Waals surface area (Å²) in [5.74, 6) is 0.846. The maximum absolute atomic E-state index is 5.79. The molecule has 0 aliphatic heterocycles. The van der Waals surface area contributed by atoms with Crippen LogP contribution in [0.4, 0.5) is 0 Å². The Morgan fingerprint density at radius 1 is 0.947 bits per heavy atom. The number of hydrogen-bond donors (Lipinski definition) is 1. The summed E-state index contributed by atoms with van der Waals surface area (Å²) < 4.78 is 5.79. The van der Waals surface area contributed by atoms with Gasteiger partial charge in [-0.15, -0.1) is 12.6 Å². The summed E-state index contributed by atoms with van der Waals surface area (Å²) in [6.07, 6.45) is 1.82. The number of hydrogen-bond acceptors (Lipinski definition) is 3. The summed E-state index contributed by atoms with van der Waals surface area (Å²) in [6, 6.07) is 17.8. The van der Waals surface area contributed by atoms with E-state index >= 15 is 0 Å². The quantitative estimate of drug-likeness (QED) is 0.722. The third-order valence-corrected chi connectivity index (χ3v) is 3.27. The zero-order valence-electron chi connectivity index (χ0n) is 10.3. The molecule has 0 N–H and O–H groups in total. The highest BCUT2D eigenvalue weighted by Crippen LogP contribution is 2.20. The van der Waals surface area contributed by atoms with Gasteiger partial charge in [-0.2, -0.15) is 0 Å². The number of fused-ring (bicyclic) bond motifs is 1. The molecule has 0 amide bonds. The van der Waals surface area contributed by atoms with Crippen LogP contribution in [0.15, 0.2) is 65.7 Å². The highest BCUT2D eigenvalue weighted by Gasteiger charge is 2.02. The van der Waals surface area contributed by atoms with Crippen molar-refractivity contribution in [1.29, 1.82) is 0 Å². The third kappa shape index (κ3) is 2.71. The molecule has 0 fully saturated rings. The molecule has 0 unspecified atom stereocenters. The fraction of sp³-hybridized carbons (Fsp3) is 0.0625. The van der Waals surface area contributed by atoms with E-state index in [-0.39, 0.29) is 0 Å². The number of thiol groups is 1. The molecule has 0 radical (unpaired) electrons. The number of aromatic nitrogens is 1. The number of nitrogens with zero attached hydrogens (tertiary/aromatic N) is 1. The third-order valence-electron chi connectivity index (χ3n) is 2.97. The molecule has 0 atom stereocenters. The lowest BCUT2D eigenvalue weighted by atomic mass is 10.1. The van der Waals surface area contributed by atoms with Crippen LogP contribution in [0.1, 0.15) is 5.56 Å². The van der Waals surface area contributed by atoms with E-state index in [1.807, 2.05) is 54.7 Å². The van der Waals surface area contributed by atoms with Crippen LogP contribution in [0.3, 0.4) is 0 Å². The van der Waals surface area contributed by atoms with Crippen LogP contribution in [0.25, 0.3) is 10.9 Å². The van der Waals surface area contributed by atoms with Crippen molar-refractivity contribution in [3.8, 4) is 5.75 Å². The lowest BCUT2D eigenvalue weighted by Crippen LogP contribution is -1.97. The van der Waals surface area contributed by atoms with E-state index in [9.17, 15) is 0 Å². The highest BCUT2D eigenvalue weighted by atomic mass is 32.1. The minimum Gasteiger partial charge on any atom is -0.489 e. The minimum atomic E-state index is 0.537. The highest BCUT2D eigenvalue weighted by molar-refractivity contribution is 7.80. The Labute approximate surface area is 117 Å². The molecule has 0 bridgehead atoms. The lowest BCUT2D eigenvalue weighted by Gasteiger charge is -2.08. The summed E-state index contributed by atoms with van der Waals surface area (Å²) in [5.41, 5.74) is 2.13. The van der Waals surface area contributed by atoms with Gasteiger partial charge in [-0.05, 0) is 36.4 Å². The van der Waals surface area contributed by atoms with Gasteiger partial charge in [0.2, 0.25) is 0 Å². The largest absolute Gasteiger partial charge is 0.489 e. The van der Waals surface area contributed by atoms with Crippen molar-refractivity contribution in [3.05, 3.63) is 66.4 Å². The number of benzene rings is 2. The van der Waals surface area contributed by atoms with Crippen LogP contribution >= 0.6 is 12.6 Å². The Kier molecular flexibility index (Phi) is 3.38. The van der Waals surface area contributed by atoms with E-state index in [0.29, 0.717) is 6.61 Å². The molecule has 0 saturated carbocycles. The Morgan fingerprint density at radius 2 is 1.74 bits per heavy atom. The summed E-state index contributed by atoms with van der Waals surface area (Å²) in [7, 11) is 0. The first-order chi connectivity index (χ1) is 9.33. The van der Waals surface area contributed by atoms with Crippen molar-refractivity contribution < 1.29 is 4.74 Å². The van der Waals surface area contributed by atoms with Crippen molar-refractivity contribution in [3.63, 3.8) is 0 Å². The zero-order chi connectivity index (χ0) is 13.1. The number of rotatable bonds is 3. The molecular weight excluding hydrogens is 254 g/mol. The molecule has 0 aliphatic carbocycles. The topological polar surface area (TPSA) is 22.1 Å². The van der Waals surface area contributed by atoms with Gasteiger partial charge in [0.25, 0.3) is 0 Å². The predicted octanol–water partition coefficient (Wildman–Crippen LogP) is 4.10. The second kappa shape index (κ2) is 5.33. The molecular formula is C16H13NOS. The van der Waals surface area contributed by atoms with E-state index in [4.69, 9.17) is 4.74 Å². The van der Waals surface area contributed by atoms with Crippen molar-refractivity contribution in [2.45, 2.75) is 11.5 Å². The first-order valence-corrected chi connectivity index (χ1v) is 6.52. The predicted molar refractivity (Wildman–Crippen MR) is 79.8 cm³/mol. The van der Waals surface area contributed by atoms with Gasteiger partial charge in [-0.25, -0.2) is 0 Å². The second-order valence-corrected chi connectivity index (χ2v) is 4.79. The van der Waals surface area contributed by atoms with Crippen LogP contribution < -0.4 is 4.74 Å². The van der Waals surface area contributed by atoms with E-state index in [0.717, 1.165) is 27.1 Å². The average Bonchev–Trinajstić information content (AvgIpc) is 2.47. The van der Waals surface area contributed by atoms with Gasteiger partial charge in [0.05, 0.1) is 5.52 Å².